The molecule has 1 aliphatic rings. The number of aliphatic hydroxyl groups is 1. The molecule has 168 valence electrons. The third-order valence-corrected chi connectivity index (χ3v) is 7.11. The van der Waals surface area contributed by atoms with Gasteiger partial charge in [-0.2, -0.15) is 5.10 Å². The lowest BCUT2D eigenvalue weighted by Crippen LogP contribution is -2.46. The second-order valence-electron chi connectivity index (χ2n) is 8.09. The van der Waals surface area contributed by atoms with E-state index in [9.17, 15) is 13.9 Å². The maximum absolute atomic E-state index is 14.8. The number of thiocarbonyl (C=S) groups is 1. The Balaban J connectivity index is 1.58. The van der Waals surface area contributed by atoms with Gasteiger partial charge < -0.3 is 10.0 Å². The molecule has 1 aliphatic carbocycles. The van der Waals surface area contributed by atoms with Gasteiger partial charge in [0, 0.05) is 23.4 Å². The Morgan fingerprint density at radius 2 is 2.06 bits per heavy atom. The Bertz CT molecular complexity index is 1090. The van der Waals surface area contributed by atoms with E-state index in [1.54, 1.807) is 0 Å². The van der Waals surface area contributed by atoms with E-state index in [1.165, 1.54) is 46.3 Å². The van der Waals surface area contributed by atoms with E-state index in [4.69, 9.17) is 12.2 Å². The Morgan fingerprint density at radius 1 is 1.28 bits per heavy atom. The highest BCUT2D eigenvalue weighted by atomic mass is 32.2. The molecule has 4 rings (SSSR count). The fourth-order valence-corrected chi connectivity index (χ4v) is 5.05. The van der Waals surface area contributed by atoms with E-state index in [1.807, 2.05) is 17.0 Å². The molecule has 0 spiro atoms. The van der Waals surface area contributed by atoms with E-state index < -0.39 is 17.2 Å². The first-order chi connectivity index (χ1) is 15.4. The number of thioether (sulfide) groups is 1. The molecule has 32 heavy (non-hydrogen) atoms. The van der Waals surface area contributed by atoms with Crippen LogP contribution in [0.3, 0.4) is 0 Å². The van der Waals surface area contributed by atoms with Gasteiger partial charge in [-0.25, -0.2) is 18.4 Å². The highest BCUT2D eigenvalue weighted by molar-refractivity contribution is 8.22. The molecule has 0 radical (unpaired) electrons. The number of rotatable bonds is 8. The van der Waals surface area contributed by atoms with Crippen molar-refractivity contribution < 1.29 is 13.9 Å². The van der Waals surface area contributed by atoms with Crippen LogP contribution in [0.4, 0.5) is 8.78 Å². The molecule has 1 saturated carbocycles. The van der Waals surface area contributed by atoms with Gasteiger partial charge in [0.15, 0.2) is 0 Å². The molecule has 1 N–H and O–H groups in total. The number of aromatic nitrogens is 3. The average Bonchev–Trinajstić information content (AvgIpc) is 3.47. The van der Waals surface area contributed by atoms with Gasteiger partial charge in [0.1, 0.15) is 34.2 Å². The van der Waals surface area contributed by atoms with Gasteiger partial charge in [0.25, 0.3) is 0 Å². The molecule has 1 fully saturated rings. The van der Waals surface area contributed by atoms with Crippen LogP contribution in [0.25, 0.3) is 0 Å². The summed E-state index contributed by atoms with van der Waals surface area (Å²) in [7, 11) is 0. The number of nitrogens with zero attached hydrogens (tertiary/aromatic N) is 4. The van der Waals surface area contributed by atoms with Crippen molar-refractivity contribution in [3.05, 3.63) is 83.4 Å². The number of benzene rings is 2. The average molecular weight is 475 g/mol. The van der Waals surface area contributed by atoms with Gasteiger partial charge in [0.05, 0.1) is 13.1 Å². The standard InChI is InChI=1S/C23H24F2N4OS2/c1-16-4-2-3-5-17(16)11-32-22(31)29(19-7-8-19)13-23(30,12-28-15-26-14-27-28)20-9-6-18(24)10-21(20)25/h2-6,9-10,14-15,19,30H,7-8,11-13H2,1H3. The van der Waals surface area contributed by atoms with Crippen LogP contribution in [0, 0.1) is 18.6 Å². The van der Waals surface area contributed by atoms with E-state index >= 15 is 0 Å². The van der Waals surface area contributed by atoms with Crippen LogP contribution in [-0.2, 0) is 17.9 Å². The predicted octanol–water partition coefficient (Wildman–Crippen LogP) is 4.44. The minimum Gasteiger partial charge on any atom is -0.381 e. The smallest absolute Gasteiger partial charge is 0.137 e. The Morgan fingerprint density at radius 3 is 2.72 bits per heavy atom. The van der Waals surface area contributed by atoms with Crippen molar-refractivity contribution in [2.45, 2.75) is 43.7 Å². The van der Waals surface area contributed by atoms with Crippen molar-refractivity contribution >= 4 is 28.3 Å². The number of hydrogen-bond donors (Lipinski definition) is 1. The third kappa shape index (κ3) is 5.33. The summed E-state index contributed by atoms with van der Waals surface area (Å²) in [6.07, 6.45) is 4.72. The lowest BCUT2D eigenvalue weighted by atomic mass is 9.92. The van der Waals surface area contributed by atoms with E-state index in [0.29, 0.717) is 10.1 Å². The minimum absolute atomic E-state index is 0.00625. The maximum Gasteiger partial charge on any atom is 0.137 e. The van der Waals surface area contributed by atoms with E-state index in [-0.39, 0.29) is 24.7 Å². The fraction of sp³-hybridized carbons (Fsp3) is 0.348. The predicted molar refractivity (Wildman–Crippen MR) is 125 cm³/mol. The van der Waals surface area contributed by atoms with E-state index in [2.05, 4.69) is 29.1 Å². The summed E-state index contributed by atoms with van der Waals surface area (Å²) in [5.41, 5.74) is 0.711. The zero-order valence-corrected chi connectivity index (χ0v) is 19.3. The molecular weight excluding hydrogens is 450 g/mol. The number of hydrogen-bond acceptors (Lipinski definition) is 5. The van der Waals surface area contributed by atoms with Gasteiger partial charge in [-0.3, -0.25) is 0 Å². The quantitative estimate of drug-likeness (QED) is 0.488. The summed E-state index contributed by atoms with van der Waals surface area (Å²) in [4.78, 5) is 5.88. The summed E-state index contributed by atoms with van der Waals surface area (Å²) in [6, 6.07) is 11.5. The third-order valence-electron chi connectivity index (χ3n) is 5.59. The molecule has 1 aromatic heterocycles. The Kier molecular flexibility index (Phi) is 6.88. The molecule has 0 aliphatic heterocycles. The lowest BCUT2D eigenvalue weighted by Gasteiger charge is -2.36. The zero-order chi connectivity index (χ0) is 22.7. The van der Waals surface area contributed by atoms with Crippen LogP contribution in [-0.4, -0.2) is 41.7 Å². The van der Waals surface area contributed by atoms with Crippen molar-refractivity contribution in [1.82, 2.24) is 19.7 Å². The lowest BCUT2D eigenvalue weighted by molar-refractivity contribution is -0.00746. The van der Waals surface area contributed by atoms with Crippen molar-refractivity contribution in [3.8, 4) is 0 Å². The van der Waals surface area contributed by atoms with Crippen LogP contribution >= 0.6 is 24.0 Å². The summed E-state index contributed by atoms with van der Waals surface area (Å²) in [5.74, 6) is -0.791. The first kappa shape index (κ1) is 22.8. The molecule has 1 unspecified atom stereocenters. The Labute approximate surface area is 195 Å². The topological polar surface area (TPSA) is 54.2 Å². The second-order valence-corrected chi connectivity index (χ2v) is 9.70. The highest BCUT2D eigenvalue weighted by Crippen LogP contribution is 2.36. The van der Waals surface area contributed by atoms with Crippen LogP contribution < -0.4 is 0 Å². The second kappa shape index (κ2) is 9.64. The fourth-order valence-electron chi connectivity index (χ4n) is 3.67. The molecule has 0 amide bonds. The van der Waals surface area contributed by atoms with Crippen LogP contribution in [0.5, 0.6) is 0 Å². The molecule has 3 aromatic rings. The summed E-state index contributed by atoms with van der Waals surface area (Å²) < 4.78 is 30.4. The van der Waals surface area contributed by atoms with Crippen molar-refractivity contribution in [2.24, 2.45) is 0 Å². The summed E-state index contributed by atoms with van der Waals surface area (Å²) in [5, 5.41) is 15.8. The Hall–Kier alpha value is -2.36. The number of halogens is 2. The van der Waals surface area contributed by atoms with Crippen molar-refractivity contribution in [1.29, 1.82) is 0 Å². The monoisotopic (exact) mass is 474 g/mol. The van der Waals surface area contributed by atoms with Crippen molar-refractivity contribution in [2.75, 3.05) is 6.54 Å². The molecule has 1 heterocycles. The van der Waals surface area contributed by atoms with E-state index in [0.717, 1.165) is 25.0 Å². The zero-order valence-electron chi connectivity index (χ0n) is 17.6. The maximum atomic E-state index is 14.8. The highest BCUT2D eigenvalue weighted by Gasteiger charge is 2.41. The molecule has 1 atom stereocenters. The summed E-state index contributed by atoms with van der Waals surface area (Å²) in [6.45, 7) is 2.09. The molecular formula is C23H24F2N4OS2. The van der Waals surface area contributed by atoms with Crippen LogP contribution in [0.1, 0.15) is 29.5 Å². The normalized spacial score (nSPS) is 15.4. The van der Waals surface area contributed by atoms with Gasteiger partial charge in [0.2, 0.25) is 0 Å². The van der Waals surface area contributed by atoms with Gasteiger partial charge >= 0.3 is 0 Å². The van der Waals surface area contributed by atoms with Crippen molar-refractivity contribution in [3.63, 3.8) is 0 Å². The SMILES string of the molecule is Cc1ccccc1CSC(=S)N(CC(O)(Cn1cncn1)c1ccc(F)cc1F)C1CC1. The van der Waals surface area contributed by atoms with Gasteiger partial charge in [-0.05, 0) is 37.0 Å². The molecule has 2 aromatic carbocycles. The molecule has 0 bridgehead atoms. The first-order valence-corrected chi connectivity index (χ1v) is 11.7. The van der Waals surface area contributed by atoms with Crippen LogP contribution in [0.15, 0.2) is 55.1 Å². The molecule has 5 nitrogen and oxygen atoms in total. The van der Waals surface area contributed by atoms with Gasteiger partial charge in [-0.1, -0.05) is 54.3 Å². The largest absolute Gasteiger partial charge is 0.381 e. The summed E-state index contributed by atoms with van der Waals surface area (Å²) >= 11 is 7.27. The first-order valence-electron chi connectivity index (χ1n) is 10.3. The number of aryl methyl sites for hydroxylation is 1. The van der Waals surface area contributed by atoms with Gasteiger partial charge in [-0.15, -0.1) is 0 Å². The molecule has 0 saturated heterocycles. The van der Waals surface area contributed by atoms with Crippen LogP contribution in [0.2, 0.25) is 0 Å². The molecule has 9 heteroatoms. The minimum atomic E-state index is -1.68.